The topological polar surface area (TPSA) is 37.8 Å². The van der Waals surface area contributed by atoms with E-state index in [1.807, 2.05) is 13.0 Å². The minimum absolute atomic E-state index is 0.793. The first kappa shape index (κ1) is 12.6. The molecule has 18 heavy (non-hydrogen) atoms. The number of rotatable bonds is 4. The first-order valence-electron chi connectivity index (χ1n) is 6.31. The van der Waals surface area contributed by atoms with E-state index in [1.165, 1.54) is 11.1 Å². The van der Waals surface area contributed by atoms with E-state index in [0.29, 0.717) is 0 Å². The highest BCUT2D eigenvalue weighted by Crippen LogP contribution is 2.10. The van der Waals surface area contributed by atoms with Crippen LogP contribution in [0.5, 0.6) is 0 Å². The van der Waals surface area contributed by atoms with Gasteiger partial charge in [0.15, 0.2) is 0 Å². The van der Waals surface area contributed by atoms with Crippen LogP contribution in [0.2, 0.25) is 0 Å². The number of aromatic nitrogens is 2. The maximum absolute atomic E-state index is 4.40. The Morgan fingerprint density at radius 1 is 1.11 bits per heavy atom. The Bertz CT molecular complexity index is 535. The van der Waals surface area contributed by atoms with Crippen LogP contribution in [0.4, 0.5) is 5.82 Å². The molecule has 1 N–H and O–H groups in total. The second-order valence-corrected chi connectivity index (χ2v) is 4.49. The lowest BCUT2D eigenvalue weighted by Gasteiger charge is -2.08. The van der Waals surface area contributed by atoms with Gasteiger partial charge in [-0.15, -0.1) is 0 Å². The second-order valence-electron chi connectivity index (χ2n) is 4.49. The standard InChI is InChI=1S/C15H19N3/c1-4-14-9-15(18-12(3)17-14)16-10-13-7-5-6-11(2)8-13/h5-9H,4,10H2,1-3H3,(H,16,17,18). The van der Waals surface area contributed by atoms with Crippen molar-refractivity contribution in [2.45, 2.75) is 33.7 Å². The molecular formula is C15H19N3. The van der Waals surface area contributed by atoms with E-state index in [0.717, 1.165) is 30.3 Å². The molecule has 3 nitrogen and oxygen atoms in total. The lowest BCUT2D eigenvalue weighted by molar-refractivity contribution is 0.941. The molecule has 0 spiro atoms. The van der Waals surface area contributed by atoms with Crippen LogP contribution in [0, 0.1) is 13.8 Å². The molecule has 0 fully saturated rings. The Hall–Kier alpha value is -1.90. The predicted molar refractivity (Wildman–Crippen MR) is 74.7 cm³/mol. The summed E-state index contributed by atoms with van der Waals surface area (Å²) in [6.07, 6.45) is 0.933. The van der Waals surface area contributed by atoms with E-state index in [1.54, 1.807) is 0 Å². The Morgan fingerprint density at radius 2 is 1.94 bits per heavy atom. The van der Waals surface area contributed by atoms with Crippen molar-refractivity contribution in [1.82, 2.24) is 9.97 Å². The number of nitrogens with one attached hydrogen (secondary N) is 1. The molecule has 2 aromatic rings. The number of hydrogen-bond acceptors (Lipinski definition) is 3. The molecule has 1 aromatic heterocycles. The van der Waals surface area contributed by atoms with Gasteiger partial charge in [-0.05, 0) is 25.8 Å². The van der Waals surface area contributed by atoms with E-state index in [-0.39, 0.29) is 0 Å². The van der Waals surface area contributed by atoms with Gasteiger partial charge in [0.25, 0.3) is 0 Å². The summed E-state index contributed by atoms with van der Waals surface area (Å²) in [6.45, 7) is 6.93. The Labute approximate surface area is 108 Å². The second kappa shape index (κ2) is 5.63. The van der Waals surface area contributed by atoms with Gasteiger partial charge >= 0.3 is 0 Å². The molecule has 0 aliphatic rings. The molecule has 0 saturated carbocycles. The molecule has 2 rings (SSSR count). The summed E-state index contributed by atoms with van der Waals surface area (Å²) in [6, 6.07) is 10.5. The summed E-state index contributed by atoms with van der Waals surface area (Å²) in [5.41, 5.74) is 3.63. The molecule has 94 valence electrons. The molecule has 0 aliphatic carbocycles. The quantitative estimate of drug-likeness (QED) is 0.892. The molecule has 0 amide bonds. The van der Waals surface area contributed by atoms with Crippen LogP contribution in [-0.2, 0) is 13.0 Å². The van der Waals surface area contributed by atoms with Crippen LogP contribution >= 0.6 is 0 Å². The van der Waals surface area contributed by atoms with Gasteiger partial charge in [0, 0.05) is 18.3 Å². The summed E-state index contributed by atoms with van der Waals surface area (Å²) >= 11 is 0. The van der Waals surface area contributed by atoms with Gasteiger partial charge in [0.2, 0.25) is 0 Å². The molecule has 1 heterocycles. The molecule has 0 radical (unpaired) electrons. The molecule has 0 saturated heterocycles. The molecule has 0 aliphatic heterocycles. The average Bonchev–Trinajstić information content (AvgIpc) is 2.36. The first-order chi connectivity index (χ1) is 8.67. The molecule has 1 aromatic carbocycles. The van der Waals surface area contributed by atoms with E-state index in [9.17, 15) is 0 Å². The molecular weight excluding hydrogens is 222 g/mol. The minimum Gasteiger partial charge on any atom is -0.366 e. The van der Waals surface area contributed by atoms with Gasteiger partial charge in [0.1, 0.15) is 11.6 Å². The maximum Gasteiger partial charge on any atom is 0.130 e. The van der Waals surface area contributed by atoms with Crippen LogP contribution in [0.25, 0.3) is 0 Å². The van der Waals surface area contributed by atoms with E-state index < -0.39 is 0 Å². The molecule has 0 unspecified atom stereocenters. The fourth-order valence-electron chi connectivity index (χ4n) is 1.92. The van der Waals surface area contributed by atoms with E-state index in [2.05, 4.69) is 53.4 Å². The smallest absolute Gasteiger partial charge is 0.130 e. The SMILES string of the molecule is CCc1cc(NCc2cccc(C)c2)nc(C)n1. The normalized spacial score (nSPS) is 10.4. The fourth-order valence-corrected chi connectivity index (χ4v) is 1.92. The zero-order valence-electron chi connectivity index (χ0n) is 11.2. The fraction of sp³-hybridized carbons (Fsp3) is 0.333. The van der Waals surface area contributed by atoms with Crippen LogP contribution in [0.15, 0.2) is 30.3 Å². The Kier molecular flexibility index (Phi) is 3.92. The van der Waals surface area contributed by atoms with Crippen LogP contribution in [0.1, 0.15) is 29.6 Å². The Balaban J connectivity index is 2.08. The van der Waals surface area contributed by atoms with Crippen molar-refractivity contribution in [3.8, 4) is 0 Å². The lowest BCUT2D eigenvalue weighted by Crippen LogP contribution is -2.04. The molecule has 0 bridgehead atoms. The zero-order valence-corrected chi connectivity index (χ0v) is 11.2. The van der Waals surface area contributed by atoms with Gasteiger partial charge in [-0.1, -0.05) is 36.8 Å². The number of anilines is 1. The van der Waals surface area contributed by atoms with Gasteiger partial charge in [-0.3, -0.25) is 0 Å². The lowest BCUT2D eigenvalue weighted by atomic mass is 10.1. The molecule has 0 atom stereocenters. The van der Waals surface area contributed by atoms with Crippen molar-refractivity contribution in [2.24, 2.45) is 0 Å². The molecule has 3 heteroatoms. The largest absolute Gasteiger partial charge is 0.366 e. The summed E-state index contributed by atoms with van der Waals surface area (Å²) < 4.78 is 0. The van der Waals surface area contributed by atoms with E-state index in [4.69, 9.17) is 0 Å². The third-order valence-electron chi connectivity index (χ3n) is 2.81. The maximum atomic E-state index is 4.40. The van der Waals surface area contributed by atoms with Crippen molar-refractivity contribution in [3.05, 3.63) is 53.0 Å². The van der Waals surface area contributed by atoms with Gasteiger partial charge in [-0.2, -0.15) is 0 Å². The van der Waals surface area contributed by atoms with E-state index >= 15 is 0 Å². The number of hydrogen-bond donors (Lipinski definition) is 1. The van der Waals surface area contributed by atoms with Crippen molar-refractivity contribution in [1.29, 1.82) is 0 Å². The van der Waals surface area contributed by atoms with Crippen LogP contribution in [0.3, 0.4) is 0 Å². The van der Waals surface area contributed by atoms with Crippen molar-refractivity contribution < 1.29 is 0 Å². The third kappa shape index (κ3) is 3.29. The summed E-state index contributed by atoms with van der Waals surface area (Å²) in [5, 5.41) is 3.35. The van der Waals surface area contributed by atoms with Gasteiger partial charge in [0.05, 0.1) is 0 Å². The summed E-state index contributed by atoms with van der Waals surface area (Å²) in [4.78, 5) is 8.77. The van der Waals surface area contributed by atoms with Crippen molar-refractivity contribution in [3.63, 3.8) is 0 Å². The van der Waals surface area contributed by atoms with Crippen LogP contribution in [-0.4, -0.2) is 9.97 Å². The monoisotopic (exact) mass is 241 g/mol. The highest BCUT2D eigenvalue weighted by molar-refractivity contribution is 5.37. The highest BCUT2D eigenvalue weighted by atomic mass is 15.0. The number of benzene rings is 1. The van der Waals surface area contributed by atoms with Crippen LogP contribution < -0.4 is 5.32 Å². The number of aryl methyl sites for hydroxylation is 3. The van der Waals surface area contributed by atoms with Gasteiger partial charge in [-0.25, -0.2) is 9.97 Å². The highest BCUT2D eigenvalue weighted by Gasteiger charge is 2.00. The summed E-state index contributed by atoms with van der Waals surface area (Å²) in [7, 11) is 0. The van der Waals surface area contributed by atoms with Crippen molar-refractivity contribution in [2.75, 3.05) is 5.32 Å². The predicted octanol–water partition coefficient (Wildman–Crippen LogP) is 3.27. The third-order valence-corrected chi connectivity index (χ3v) is 2.81. The average molecular weight is 241 g/mol. The van der Waals surface area contributed by atoms with Crippen molar-refractivity contribution >= 4 is 5.82 Å². The van der Waals surface area contributed by atoms with Gasteiger partial charge < -0.3 is 5.32 Å². The Morgan fingerprint density at radius 3 is 2.67 bits per heavy atom. The number of nitrogens with zero attached hydrogens (tertiary/aromatic N) is 2. The minimum atomic E-state index is 0.793. The zero-order chi connectivity index (χ0) is 13.0. The first-order valence-corrected chi connectivity index (χ1v) is 6.31. The summed E-state index contributed by atoms with van der Waals surface area (Å²) in [5.74, 6) is 1.72.